The Hall–Kier alpha value is -7.29. The van der Waals surface area contributed by atoms with E-state index in [-0.39, 0.29) is 23.8 Å². The van der Waals surface area contributed by atoms with Gasteiger partial charge in [-0.05, 0) is 145 Å². The van der Waals surface area contributed by atoms with Crippen LogP contribution in [-0.2, 0) is 32.9 Å². The molecule has 1 aliphatic rings. The maximum atomic E-state index is 14.8. The van der Waals surface area contributed by atoms with Crippen LogP contribution in [0.5, 0.6) is 17.2 Å². The van der Waals surface area contributed by atoms with Crippen molar-refractivity contribution >= 4 is 46.6 Å². The summed E-state index contributed by atoms with van der Waals surface area (Å²) in [6.07, 6.45) is 1.32. The number of aryl methyl sites for hydroxylation is 2. The molecule has 1 N–H and O–H groups in total. The zero-order valence-corrected chi connectivity index (χ0v) is 50.2. The van der Waals surface area contributed by atoms with Crippen LogP contribution >= 0.6 is 0 Å². The van der Waals surface area contributed by atoms with Gasteiger partial charge in [0.15, 0.2) is 0 Å². The Bertz CT molecular complexity index is 3250. The number of benzene rings is 5. The van der Waals surface area contributed by atoms with Gasteiger partial charge >= 0.3 is 19.3 Å². The number of carbonyl (C=O) groups is 2. The number of aromatic nitrogens is 4. The van der Waals surface area contributed by atoms with Crippen LogP contribution in [0.4, 0.5) is 22.8 Å². The lowest BCUT2D eigenvalue weighted by atomic mass is 9.78. The Morgan fingerprint density at radius 1 is 0.585 bits per heavy atom. The number of halogens is 3. The highest BCUT2D eigenvalue weighted by Gasteiger charge is 2.52. The van der Waals surface area contributed by atoms with Crippen LogP contribution < -0.4 is 25.0 Å². The summed E-state index contributed by atoms with van der Waals surface area (Å²) in [5, 5.41) is 13.8. The second kappa shape index (κ2) is 27.7. The lowest BCUT2D eigenvalue weighted by Crippen LogP contribution is -2.41. The number of hydrogen-bond acceptors (Lipinski definition) is 12. The van der Waals surface area contributed by atoms with E-state index in [9.17, 15) is 22.8 Å². The van der Waals surface area contributed by atoms with E-state index in [1.165, 1.54) is 28.0 Å². The lowest BCUT2D eigenvalue weighted by molar-refractivity contribution is 0.00578. The van der Waals surface area contributed by atoms with Gasteiger partial charge < -0.3 is 48.1 Å². The highest BCUT2D eigenvalue weighted by atomic mass is 19.1. The molecule has 2 amide bonds. The lowest BCUT2D eigenvalue weighted by Gasteiger charge is -2.32. The number of carbonyl (C=O) groups excluding carboxylic acids is 2. The van der Waals surface area contributed by atoms with Crippen molar-refractivity contribution in [3.05, 3.63) is 121 Å². The fraction of sp³-hybridized carbons (Fsp3) is 0.452. The van der Waals surface area contributed by atoms with Crippen LogP contribution in [-0.4, -0.2) is 132 Å². The van der Waals surface area contributed by atoms with E-state index >= 15 is 0 Å². The van der Waals surface area contributed by atoms with Crippen LogP contribution in [0, 0.1) is 17.5 Å². The van der Waals surface area contributed by atoms with E-state index < -0.39 is 35.3 Å². The quantitative estimate of drug-likeness (QED) is 0.0643. The summed E-state index contributed by atoms with van der Waals surface area (Å²) in [6, 6.07) is 30.0. The van der Waals surface area contributed by atoms with Gasteiger partial charge in [0, 0.05) is 86.8 Å². The summed E-state index contributed by atoms with van der Waals surface area (Å²) in [5.74, 6) is 0.260. The molecule has 0 spiro atoms. The zero-order valence-electron chi connectivity index (χ0n) is 50.2. The summed E-state index contributed by atoms with van der Waals surface area (Å²) in [7, 11) is 8.20. The Kier molecular flexibility index (Phi) is 21.5. The Balaban J connectivity index is 0.000000199. The number of para-hydroxylation sites is 2. The monoisotopic (exact) mass is 1140 g/mol. The SMILES string of the molecule is CN(CCCOc1ccc(-c2nn(C)c3ccccc23)c(F)c1)C(=O)OC(C)(C)C.CN(CCCOc1ccc(B2OC(C)(C)C(C)(C)O2)c(F)c1)C(=O)OC(C)(C)C.CNCCCOc1ccc(-c2nn(C)c3ccccc23)c(F)c1. The van der Waals surface area contributed by atoms with E-state index in [4.69, 9.17) is 33.0 Å². The Morgan fingerprint density at radius 3 is 1.34 bits per heavy atom. The molecule has 3 heterocycles. The van der Waals surface area contributed by atoms with Gasteiger partial charge in [0.25, 0.3) is 0 Å². The highest BCUT2D eigenvalue weighted by Crippen LogP contribution is 2.37. The fourth-order valence-electron chi connectivity index (χ4n) is 8.42. The molecule has 0 radical (unpaired) electrons. The summed E-state index contributed by atoms with van der Waals surface area (Å²) < 4.78 is 86.6. The number of fused-ring (bicyclic) bond motifs is 2. The van der Waals surface area contributed by atoms with E-state index in [2.05, 4.69) is 15.5 Å². The first-order valence-corrected chi connectivity index (χ1v) is 27.6. The largest absolute Gasteiger partial charge is 0.497 e. The van der Waals surface area contributed by atoms with Crippen LogP contribution in [0.2, 0.25) is 0 Å². The maximum Gasteiger partial charge on any atom is 0.497 e. The van der Waals surface area contributed by atoms with Gasteiger partial charge in [0.05, 0.1) is 42.1 Å². The molecule has 16 nitrogen and oxygen atoms in total. The Morgan fingerprint density at radius 2 is 0.963 bits per heavy atom. The van der Waals surface area contributed by atoms with Crippen molar-refractivity contribution in [2.75, 3.05) is 60.6 Å². The Labute approximate surface area is 481 Å². The topological polar surface area (TPSA) is 153 Å². The van der Waals surface area contributed by atoms with Gasteiger partial charge in [-0.3, -0.25) is 9.36 Å². The van der Waals surface area contributed by atoms with Gasteiger partial charge in [-0.25, -0.2) is 22.8 Å². The van der Waals surface area contributed by atoms with Gasteiger partial charge in [-0.1, -0.05) is 42.5 Å². The van der Waals surface area contributed by atoms with Crippen molar-refractivity contribution in [3.8, 4) is 39.8 Å². The maximum absolute atomic E-state index is 14.8. The molecule has 0 atom stereocenters. The number of nitrogens with one attached hydrogen (secondary N) is 1. The molecular weight excluding hydrogens is 1050 g/mol. The number of nitrogens with zero attached hydrogens (tertiary/aromatic N) is 6. The van der Waals surface area contributed by atoms with Crippen LogP contribution in [0.15, 0.2) is 103 Å². The second-order valence-corrected chi connectivity index (χ2v) is 23.0. The molecule has 1 fully saturated rings. The molecule has 1 aliphatic heterocycles. The molecule has 0 aliphatic carbocycles. The number of amides is 2. The molecule has 82 heavy (non-hydrogen) atoms. The molecular formula is C62H81BF3N7O9. The van der Waals surface area contributed by atoms with E-state index in [1.807, 2.05) is 139 Å². The zero-order chi connectivity index (χ0) is 60.2. The smallest absolute Gasteiger partial charge is 0.493 e. The summed E-state index contributed by atoms with van der Waals surface area (Å²) in [4.78, 5) is 26.9. The van der Waals surface area contributed by atoms with Gasteiger partial charge in [-0.2, -0.15) is 10.2 Å². The summed E-state index contributed by atoms with van der Waals surface area (Å²) in [5.41, 5.74) is 2.35. The average molecular weight is 1140 g/mol. The molecule has 7 aromatic rings. The minimum Gasteiger partial charge on any atom is -0.493 e. The van der Waals surface area contributed by atoms with E-state index in [0.29, 0.717) is 91.0 Å². The average Bonchev–Trinajstić information content (AvgIpc) is 3.15. The summed E-state index contributed by atoms with van der Waals surface area (Å²) in [6.45, 7) is 21.8. The van der Waals surface area contributed by atoms with Crippen LogP contribution in [0.1, 0.15) is 88.5 Å². The number of hydrogen-bond donors (Lipinski definition) is 1. The first-order valence-electron chi connectivity index (χ1n) is 27.6. The van der Waals surface area contributed by atoms with E-state index in [0.717, 1.165) is 34.8 Å². The molecule has 20 heteroatoms. The predicted molar refractivity (Wildman–Crippen MR) is 316 cm³/mol. The third kappa shape index (κ3) is 17.4. The molecule has 442 valence electrons. The summed E-state index contributed by atoms with van der Waals surface area (Å²) >= 11 is 0. The van der Waals surface area contributed by atoms with Crippen molar-refractivity contribution in [3.63, 3.8) is 0 Å². The molecule has 5 aromatic carbocycles. The molecule has 0 bridgehead atoms. The normalized spacial score (nSPS) is 13.7. The fourth-order valence-corrected chi connectivity index (χ4v) is 8.42. The van der Waals surface area contributed by atoms with Gasteiger partial charge in [-0.15, -0.1) is 0 Å². The molecule has 1 saturated heterocycles. The minimum atomic E-state index is -0.753. The van der Waals surface area contributed by atoms with Crippen molar-refractivity contribution in [2.45, 2.75) is 111 Å². The van der Waals surface area contributed by atoms with Gasteiger partial charge in [0.2, 0.25) is 0 Å². The molecule has 8 rings (SSSR count). The highest BCUT2D eigenvalue weighted by molar-refractivity contribution is 6.62. The van der Waals surface area contributed by atoms with Crippen LogP contribution in [0.3, 0.4) is 0 Å². The third-order valence-electron chi connectivity index (χ3n) is 13.4. The molecule has 2 aromatic heterocycles. The van der Waals surface area contributed by atoms with Crippen molar-refractivity contribution < 1.29 is 55.8 Å². The molecule has 0 saturated carbocycles. The van der Waals surface area contributed by atoms with Crippen LogP contribution in [0.25, 0.3) is 44.3 Å². The standard InChI is InChI=1S/C23H28FN3O3.C21H33BFNO5.C18H20FN3O/c1-23(2,3)30-22(28)26(4)13-8-14-29-16-11-12-17(19(24)15-16)21-18-9-6-7-10-20(18)27(5)25-21;1-19(2,3)27-18(25)24(8)12-9-13-26-15-10-11-16(17(23)14-15)22-28-20(4,5)21(6,7)29-22;1-20-10-5-11-23-13-8-9-14(16(19)12-13)18-15-6-3-4-7-17(15)22(2)21-18/h6-7,9-12,15H,8,13-14H2,1-5H3;10-11,14H,9,12-13H2,1-8H3;3-4,6-9,12,20H,5,10-11H2,1-2H3. The number of ether oxygens (including phenoxy) is 5. The first kappa shape index (κ1) is 63.9. The minimum absolute atomic E-state index is 0.319. The second-order valence-electron chi connectivity index (χ2n) is 23.0. The first-order chi connectivity index (χ1) is 38.6. The van der Waals surface area contributed by atoms with Crippen molar-refractivity contribution in [1.82, 2.24) is 34.7 Å². The van der Waals surface area contributed by atoms with Gasteiger partial charge in [0.1, 0.15) is 57.3 Å². The van der Waals surface area contributed by atoms with E-state index in [1.54, 1.807) is 59.9 Å². The third-order valence-corrected chi connectivity index (χ3v) is 13.4. The number of rotatable bonds is 18. The molecule has 0 unspecified atom stereocenters. The van der Waals surface area contributed by atoms with Crippen molar-refractivity contribution in [1.29, 1.82) is 0 Å². The van der Waals surface area contributed by atoms with Crippen molar-refractivity contribution in [2.24, 2.45) is 14.1 Å². The predicted octanol–water partition coefficient (Wildman–Crippen LogP) is 12.1.